The van der Waals surface area contributed by atoms with Gasteiger partial charge in [0.25, 0.3) is 5.91 Å². The molecule has 152 valence electrons. The van der Waals surface area contributed by atoms with Crippen LogP contribution in [0, 0.1) is 6.92 Å². The van der Waals surface area contributed by atoms with E-state index < -0.39 is 5.97 Å². The Balaban J connectivity index is 1.45. The van der Waals surface area contributed by atoms with Gasteiger partial charge in [-0.05, 0) is 73.2 Å². The van der Waals surface area contributed by atoms with Crippen molar-refractivity contribution < 1.29 is 19.1 Å². The molecule has 0 saturated carbocycles. The fraction of sp³-hybridized carbons (Fsp3) is 0.0870. The average molecular weight is 467 g/mol. The van der Waals surface area contributed by atoms with Crippen LogP contribution in [0.2, 0.25) is 0 Å². The van der Waals surface area contributed by atoms with Crippen LogP contribution >= 0.6 is 15.9 Å². The Morgan fingerprint density at radius 2 is 1.57 bits per heavy atom. The number of hydrogen-bond donors (Lipinski definition) is 1. The molecule has 0 aliphatic heterocycles. The van der Waals surface area contributed by atoms with Gasteiger partial charge in [-0.15, -0.1) is 0 Å². The SMILES string of the molecule is Cc1ccc(OCC(=O)NN=Cc2ccc(OC(=O)c3ccc(Br)cc3)cc2)cc1. The lowest BCUT2D eigenvalue weighted by molar-refractivity contribution is -0.123. The number of hydrazone groups is 1. The quantitative estimate of drug-likeness (QED) is 0.240. The average Bonchev–Trinajstić information content (AvgIpc) is 2.75. The number of carbonyl (C=O) groups excluding carboxylic acids is 2. The number of nitrogens with one attached hydrogen (secondary N) is 1. The molecule has 1 N–H and O–H groups in total. The van der Waals surface area contributed by atoms with E-state index in [1.54, 1.807) is 60.7 Å². The molecule has 0 saturated heterocycles. The summed E-state index contributed by atoms with van der Waals surface area (Å²) in [5.74, 6) is 0.222. The fourth-order valence-electron chi connectivity index (χ4n) is 2.37. The first-order valence-corrected chi connectivity index (χ1v) is 9.88. The van der Waals surface area contributed by atoms with Gasteiger partial charge in [0.2, 0.25) is 0 Å². The van der Waals surface area contributed by atoms with Crippen molar-refractivity contribution in [3.05, 3.63) is 94.0 Å². The summed E-state index contributed by atoms with van der Waals surface area (Å²) in [6.07, 6.45) is 1.49. The third-order valence-electron chi connectivity index (χ3n) is 3.96. The minimum Gasteiger partial charge on any atom is -0.484 e. The van der Waals surface area contributed by atoms with E-state index in [1.807, 2.05) is 19.1 Å². The van der Waals surface area contributed by atoms with Crippen LogP contribution in [0.1, 0.15) is 21.5 Å². The molecule has 0 aliphatic rings. The van der Waals surface area contributed by atoms with Gasteiger partial charge in [-0.25, -0.2) is 10.2 Å². The number of rotatable bonds is 7. The summed E-state index contributed by atoms with van der Waals surface area (Å²) in [5, 5.41) is 3.90. The topological polar surface area (TPSA) is 77.0 Å². The number of ether oxygens (including phenoxy) is 2. The lowest BCUT2D eigenvalue weighted by atomic mass is 10.2. The molecule has 3 rings (SSSR count). The summed E-state index contributed by atoms with van der Waals surface area (Å²) in [7, 11) is 0. The lowest BCUT2D eigenvalue weighted by Crippen LogP contribution is -2.24. The van der Waals surface area contributed by atoms with E-state index in [1.165, 1.54) is 6.21 Å². The molecule has 30 heavy (non-hydrogen) atoms. The molecule has 0 bridgehead atoms. The molecule has 0 atom stereocenters. The Labute approximate surface area is 182 Å². The minimum absolute atomic E-state index is 0.134. The van der Waals surface area contributed by atoms with Crippen molar-refractivity contribution in [2.75, 3.05) is 6.61 Å². The summed E-state index contributed by atoms with van der Waals surface area (Å²) in [5.41, 5.74) is 4.71. The number of nitrogens with zero attached hydrogens (tertiary/aromatic N) is 1. The van der Waals surface area contributed by atoms with Gasteiger partial charge in [-0.2, -0.15) is 5.10 Å². The molecular weight excluding hydrogens is 448 g/mol. The molecule has 0 unspecified atom stereocenters. The summed E-state index contributed by atoms with van der Waals surface area (Å²) < 4.78 is 11.6. The Bertz CT molecular complexity index is 1030. The van der Waals surface area contributed by atoms with Crippen LogP contribution in [-0.2, 0) is 4.79 Å². The highest BCUT2D eigenvalue weighted by atomic mass is 79.9. The Hall–Kier alpha value is -3.45. The van der Waals surface area contributed by atoms with Crippen LogP contribution in [-0.4, -0.2) is 24.7 Å². The number of hydrogen-bond acceptors (Lipinski definition) is 5. The van der Waals surface area contributed by atoms with Gasteiger partial charge in [-0.3, -0.25) is 4.79 Å². The molecule has 0 heterocycles. The Kier molecular flexibility index (Phi) is 7.34. The standard InChI is InChI=1S/C23H19BrN2O4/c1-16-2-10-20(11-3-16)29-15-22(27)26-25-14-17-4-12-21(13-5-17)30-23(28)18-6-8-19(24)9-7-18/h2-14H,15H2,1H3,(H,26,27). The fourth-order valence-corrected chi connectivity index (χ4v) is 2.63. The summed E-state index contributed by atoms with van der Waals surface area (Å²) >= 11 is 3.32. The number of aryl methyl sites for hydroxylation is 1. The van der Waals surface area contributed by atoms with Crippen LogP contribution < -0.4 is 14.9 Å². The normalized spacial score (nSPS) is 10.6. The second kappa shape index (κ2) is 10.4. The summed E-state index contributed by atoms with van der Waals surface area (Å²) in [6, 6.07) is 21.1. The molecule has 0 fully saturated rings. The maximum atomic E-state index is 12.1. The molecule has 3 aromatic rings. The van der Waals surface area contributed by atoms with Gasteiger partial charge in [0, 0.05) is 4.47 Å². The number of esters is 1. The molecule has 0 spiro atoms. The zero-order valence-corrected chi connectivity index (χ0v) is 17.8. The predicted octanol–water partition coefficient (Wildman–Crippen LogP) is 4.51. The molecule has 0 aliphatic carbocycles. The zero-order chi connectivity index (χ0) is 21.3. The van der Waals surface area contributed by atoms with Crippen molar-refractivity contribution in [3.8, 4) is 11.5 Å². The molecule has 3 aromatic carbocycles. The molecule has 0 aromatic heterocycles. The first-order chi connectivity index (χ1) is 14.5. The van der Waals surface area contributed by atoms with Gasteiger partial charge >= 0.3 is 5.97 Å². The number of benzene rings is 3. The van der Waals surface area contributed by atoms with Crippen LogP contribution in [0.5, 0.6) is 11.5 Å². The largest absolute Gasteiger partial charge is 0.484 e. The predicted molar refractivity (Wildman–Crippen MR) is 118 cm³/mol. The third kappa shape index (κ3) is 6.56. The van der Waals surface area contributed by atoms with Crippen LogP contribution in [0.4, 0.5) is 0 Å². The van der Waals surface area contributed by atoms with E-state index in [0.29, 0.717) is 17.1 Å². The summed E-state index contributed by atoms with van der Waals surface area (Å²) in [4.78, 5) is 23.9. The van der Waals surface area contributed by atoms with Crippen LogP contribution in [0.3, 0.4) is 0 Å². The highest BCUT2D eigenvalue weighted by Crippen LogP contribution is 2.16. The third-order valence-corrected chi connectivity index (χ3v) is 4.49. The maximum Gasteiger partial charge on any atom is 0.343 e. The van der Waals surface area contributed by atoms with E-state index >= 15 is 0 Å². The molecule has 6 nitrogen and oxygen atoms in total. The first-order valence-electron chi connectivity index (χ1n) is 9.09. The molecular formula is C23H19BrN2O4. The Morgan fingerprint density at radius 1 is 0.933 bits per heavy atom. The van der Waals surface area contributed by atoms with Gasteiger partial charge < -0.3 is 9.47 Å². The smallest absolute Gasteiger partial charge is 0.343 e. The monoisotopic (exact) mass is 466 g/mol. The second-order valence-electron chi connectivity index (χ2n) is 6.36. The van der Waals surface area contributed by atoms with Crippen molar-refractivity contribution in [3.63, 3.8) is 0 Å². The van der Waals surface area contributed by atoms with E-state index in [9.17, 15) is 9.59 Å². The zero-order valence-electron chi connectivity index (χ0n) is 16.2. The van der Waals surface area contributed by atoms with Gasteiger partial charge in [0.1, 0.15) is 11.5 Å². The van der Waals surface area contributed by atoms with E-state index in [4.69, 9.17) is 9.47 Å². The second-order valence-corrected chi connectivity index (χ2v) is 7.28. The van der Waals surface area contributed by atoms with Crippen molar-refractivity contribution in [1.82, 2.24) is 5.43 Å². The van der Waals surface area contributed by atoms with Gasteiger partial charge in [0.05, 0.1) is 11.8 Å². The number of carbonyl (C=O) groups is 2. The summed E-state index contributed by atoms with van der Waals surface area (Å²) in [6.45, 7) is 1.84. The van der Waals surface area contributed by atoms with E-state index in [2.05, 4.69) is 26.5 Å². The lowest BCUT2D eigenvalue weighted by Gasteiger charge is -2.05. The van der Waals surface area contributed by atoms with Crippen molar-refractivity contribution in [1.29, 1.82) is 0 Å². The molecule has 0 radical (unpaired) electrons. The van der Waals surface area contributed by atoms with E-state index in [0.717, 1.165) is 15.6 Å². The highest BCUT2D eigenvalue weighted by Gasteiger charge is 2.08. The highest BCUT2D eigenvalue weighted by molar-refractivity contribution is 9.10. The number of halogens is 1. The van der Waals surface area contributed by atoms with Crippen LogP contribution in [0.25, 0.3) is 0 Å². The van der Waals surface area contributed by atoms with Crippen molar-refractivity contribution >= 4 is 34.0 Å². The molecule has 7 heteroatoms. The van der Waals surface area contributed by atoms with Gasteiger partial charge in [-0.1, -0.05) is 33.6 Å². The van der Waals surface area contributed by atoms with Crippen molar-refractivity contribution in [2.45, 2.75) is 6.92 Å². The van der Waals surface area contributed by atoms with E-state index in [-0.39, 0.29) is 12.5 Å². The maximum absolute atomic E-state index is 12.1. The number of amides is 1. The Morgan fingerprint density at radius 3 is 2.23 bits per heavy atom. The first kappa shape index (κ1) is 21.3. The minimum atomic E-state index is -0.440. The van der Waals surface area contributed by atoms with Crippen LogP contribution in [0.15, 0.2) is 82.4 Å². The van der Waals surface area contributed by atoms with Crippen molar-refractivity contribution in [2.24, 2.45) is 5.10 Å². The molecule has 1 amide bonds. The van der Waals surface area contributed by atoms with Gasteiger partial charge in [0.15, 0.2) is 6.61 Å².